The number of hydrogen-bond acceptors (Lipinski definition) is 5. The quantitative estimate of drug-likeness (QED) is 0.883. The van der Waals surface area contributed by atoms with Crippen molar-refractivity contribution in [2.75, 3.05) is 24.5 Å². The molecule has 3 heterocycles. The lowest BCUT2D eigenvalue weighted by Gasteiger charge is -2.23. The van der Waals surface area contributed by atoms with Crippen LogP contribution in [0.2, 0.25) is 0 Å². The minimum atomic E-state index is -1.07. The number of amides is 1. The van der Waals surface area contributed by atoms with Crippen LogP contribution < -0.4 is 10.2 Å². The number of carbonyl (C=O) groups is 1. The number of anilines is 1. The molecule has 0 spiro atoms. The smallest absolute Gasteiger partial charge is 0.255 e. The van der Waals surface area contributed by atoms with Gasteiger partial charge in [-0.3, -0.25) is 4.79 Å². The molecular weight excluding hydrogens is 310 g/mol. The van der Waals surface area contributed by atoms with Gasteiger partial charge in [0.2, 0.25) is 0 Å². The molecule has 1 fully saturated rings. The van der Waals surface area contributed by atoms with E-state index in [1.807, 2.05) is 17.5 Å². The first kappa shape index (κ1) is 16.0. The number of aliphatic hydroxyl groups is 1. The summed E-state index contributed by atoms with van der Waals surface area (Å²) in [6, 6.07) is 7.32. The van der Waals surface area contributed by atoms with Crippen LogP contribution >= 0.6 is 11.3 Å². The normalized spacial score (nSPS) is 17.0. The summed E-state index contributed by atoms with van der Waals surface area (Å²) in [6.07, 6.45) is 3.97. The van der Waals surface area contributed by atoms with Crippen molar-refractivity contribution in [1.82, 2.24) is 10.3 Å². The van der Waals surface area contributed by atoms with E-state index in [9.17, 15) is 9.90 Å². The number of nitrogens with zero attached hydrogens (tertiary/aromatic N) is 2. The molecule has 0 saturated carbocycles. The zero-order chi connectivity index (χ0) is 16.3. The summed E-state index contributed by atoms with van der Waals surface area (Å²) in [5, 5.41) is 15.3. The fourth-order valence-electron chi connectivity index (χ4n) is 2.77. The first-order valence-corrected chi connectivity index (χ1v) is 8.70. The second-order valence-electron chi connectivity index (χ2n) is 6.00. The molecule has 1 atom stereocenters. The summed E-state index contributed by atoms with van der Waals surface area (Å²) in [5.41, 5.74) is -0.504. The highest BCUT2D eigenvalue weighted by atomic mass is 32.1. The molecule has 122 valence electrons. The minimum Gasteiger partial charge on any atom is -0.383 e. The van der Waals surface area contributed by atoms with E-state index in [-0.39, 0.29) is 12.5 Å². The minimum absolute atomic E-state index is 0.167. The van der Waals surface area contributed by atoms with Gasteiger partial charge in [-0.1, -0.05) is 6.07 Å². The second-order valence-corrected chi connectivity index (χ2v) is 6.95. The van der Waals surface area contributed by atoms with Gasteiger partial charge in [0.1, 0.15) is 11.4 Å². The maximum atomic E-state index is 12.6. The maximum absolute atomic E-state index is 12.6. The van der Waals surface area contributed by atoms with Crippen molar-refractivity contribution in [2.45, 2.75) is 25.4 Å². The monoisotopic (exact) mass is 331 g/mol. The molecule has 2 aromatic heterocycles. The molecule has 1 saturated heterocycles. The first-order chi connectivity index (χ1) is 11.1. The maximum Gasteiger partial charge on any atom is 0.255 e. The lowest BCUT2D eigenvalue weighted by Crippen LogP contribution is -2.38. The van der Waals surface area contributed by atoms with Gasteiger partial charge in [-0.15, -0.1) is 11.3 Å². The lowest BCUT2D eigenvalue weighted by atomic mass is 10.1. The molecule has 1 aliphatic rings. The highest BCUT2D eigenvalue weighted by Gasteiger charge is 2.26. The first-order valence-electron chi connectivity index (χ1n) is 7.82. The largest absolute Gasteiger partial charge is 0.383 e. The van der Waals surface area contributed by atoms with Crippen molar-refractivity contribution in [3.8, 4) is 0 Å². The summed E-state index contributed by atoms with van der Waals surface area (Å²) in [4.78, 5) is 19.9. The molecule has 2 aromatic rings. The Morgan fingerprint density at radius 3 is 2.87 bits per heavy atom. The molecule has 23 heavy (non-hydrogen) atoms. The Balaban J connectivity index is 1.71. The average molecular weight is 331 g/mol. The third-order valence-corrected chi connectivity index (χ3v) is 5.21. The summed E-state index contributed by atoms with van der Waals surface area (Å²) < 4.78 is 0. The van der Waals surface area contributed by atoms with Crippen LogP contribution in [0.3, 0.4) is 0 Å². The van der Waals surface area contributed by atoms with E-state index in [0.717, 1.165) is 36.6 Å². The van der Waals surface area contributed by atoms with Crippen molar-refractivity contribution in [3.05, 3.63) is 46.3 Å². The molecule has 5 nitrogen and oxygen atoms in total. The van der Waals surface area contributed by atoms with Gasteiger partial charge in [-0.25, -0.2) is 4.98 Å². The van der Waals surface area contributed by atoms with Crippen molar-refractivity contribution < 1.29 is 9.90 Å². The molecule has 3 rings (SSSR count). The van der Waals surface area contributed by atoms with Gasteiger partial charge in [0.25, 0.3) is 5.91 Å². The van der Waals surface area contributed by atoms with Gasteiger partial charge in [0, 0.05) is 24.2 Å². The molecule has 1 amide bonds. The summed E-state index contributed by atoms with van der Waals surface area (Å²) >= 11 is 1.48. The Kier molecular flexibility index (Phi) is 4.63. The van der Waals surface area contributed by atoms with Gasteiger partial charge in [-0.05, 0) is 43.3 Å². The van der Waals surface area contributed by atoms with Crippen molar-refractivity contribution in [1.29, 1.82) is 0 Å². The molecule has 0 bridgehead atoms. The van der Waals surface area contributed by atoms with Crippen LogP contribution in [0.1, 0.15) is 35.0 Å². The molecular formula is C17H21N3O2S. The fraction of sp³-hybridized carbons (Fsp3) is 0.412. The summed E-state index contributed by atoms with van der Waals surface area (Å²) in [5.74, 6) is 0.537. The zero-order valence-corrected chi connectivity index (χ0v) is 14.0. The Hall–Kier alpha value is -1.92. The summed E-state index contributed by atoms with van der Waals surface area (Å²) in [7, 11) is 0. The van der Waals surface area contributed by atoms with Crippen LogP contribution in [-0.2, 0) is 5.60 Å². The number of hydrogen-bond donors (Lipinski definition) is 2. The Bertz CT molecular complexity index is 664. The number of carbonyl (C=O) groups excluding carboxylic acids is 1. The Labute approximate surface area is 140 Å². The molecule has 1 aliphatic heterocycles. The van der Waals surface area contributed by atoms with Crippen LogP contribution in [-0.4, -0.2) is 35.6 Å². The zero-order valence-electron chi connectivity index (χ0n) is 13.2. The highest BCUT2D eigenvalue weighted by molar-refractivity contribution is 7.10. The molecule has 0 radical (unpaired) electrons. The fourth-order valence-corrected chi connectivity index (χ4v) is 3.56. The Morgan fingerprint density at radius 2 is 2.17 bits per heavy atom. The Morgan fingerprint density at radius 1 is 1.39 bits per heavy atom. The molecule has 0 aromatic carbocycles. The van der Waals surface area contributed by atoms with Crippen LogP contribution in [0.25, 0.3) is 0 Å². The van der Waals surface area contributed by atoms with E-state index < -0.39 is 5.60 Å². The molecule has 0 aliphatic carbocycles. The SMILES string of the molecule is C[C@](O)(CNC(=O)c1cccnc1N1CCCC1)c1cccs1. The van der Waals surface area contributed by atoms with Crippen LogP contribution in [0.5, 0.6) is 0 Å². The molecule has 6 heteroatoms. The third-order valence-electron chi connectivity index (χ3n) is 4.08. The van der Waals surface area contributed by atoms with E-state index >= 15 is 0 Å². The van der Waals surface area contributed by atoms with E-state index in [4.69, 9.17) is 0 Å². The number of nitrogens with one attached hydrogen (secondary N) is 1. The molecule has 2 N–H and O–H groups in total. The van der Waals surface area contributed by atoms with E-state index in [0.29, 0.717) is 5.56 Å². The van der Waals surface area contributed by atoms with Crippen LogP contribution in [0.15, 0.2) is 35.8 Å². The standard InChI is InChI=1S/C17H21N3O2S/c1-17(22,14-7-5-11-23-14)12-19-16(21)13-6-4-8-18-15(13)20-9-2-3-10-20/h4-8,11,22H,2-3,9-10,12H2,1H3,(H,19,21)/t17-/m0/s1. The van der Waals surface area contributed by atoms with Crippen molar-refractivity contribution >= 4 is 23.1 Å². The van der Waals surface area contributed by atoms with Crippen LogP contribution in [0.4, 0.5) is 5.82 Å². The number of rotatable bonds is 5. The summed E-state index contributed by atoms with van der Waals surface area (Å²) in [6.45, 7) is 3.75. The molecule has 0 unspecified atom stereocenters. The van der Waals surface area contributed by atoms with Gasteiger partial charge >= 0.3 is 0 Å². The van der Waals surface area contributed by atoms with E-state index in [1.54, 1.807) is 25.3 Å². The second kappa shape index (κ2) is 6.68. The van der Waals surface area contributed by atoms with E-state index in [1.165, 1.54) is 11.3 Å². The lowest BCUT2D eigenvalue weighted by molar-refractivity contribution is 0.0557. The van der Waals surface area contributed by atoms with Gasteiger partial charge in [0.15, 0.2) is 0 Å². The third kappa shape index (κ3) is 3.54. The predicted octanol–water partition coefficient (Wildman–Crippen LogP) is 2.38. The average Bonchev–Trinajstić information content (AvgIpc) is 3.25. The highest BCUT2D eigenvalue weighted by Crippen LogP contribution is 2.25. The van der Waals surface area contributed by atoms with Crippen molar-refractivity contribution in [2.24, 2.45) is 0 Å². The number of pyridine rings is 1. The van der Waals surface area contributed by atoms with Gasteiger partial charge in [-0.2, -0.15) is 0 Å². The van der Waals surface area contributed by atoms with Gasteiger partial charge < -0.3 is 15.3 Å². The van der Waals surface area contributed by atoms with Crippen molar-refractivity contribution in [3.63, 3.8) is 0 Å². The topological polar surface area (TPSA) is 65.5 Å². The van der Waals surface area contributed by atoms with Crippen LogP contribution in [0, 0.1) is 0 Å². The van der Waals surface area contributed by atoms with Gasteiger partial charge in [0.05, 0.1) is 12.1 Å². The number of aromatic nitrogens is 1. The predicted molar refractivity (Wildman–Crippen MR) is 91.9 cm³/mol. The number of thiophene rings is 1. The van der Waals surface area contributed by atoms with E-state index in [2.05, 4.69) is 15.2 Å².